The Balaban J connectivity index is 2.85. The molecule has 0 saturated carbocycles. The summed E-state index contributed by atoms with van der Waals surface area (Å²) in [5.41, 5.74) is 6.42. The maximum absolute atomic E-state index is 13.1. The maximum Gasteiger partial charge on any atom is 0.282 e. The van der Waals surface area contributed by atoms with Crippen LogP contribution in [0.1, 0.15) is 36.6 Å². The summed E-state index contributed by atoms with van der Waals surface area (Å²) in [6.07, 6.45) is 0.191. The molecular weight excluding hydrogens is 284 g/mol. The number of rotatable bonds is 4. The third-order valence-corrected chi connectivity index (χ3v) is 3.59. The first-order chi connectivity index (χ1) is 9.54. The quantitative estimate of drug-likeness (QED) is 0.693. The number of hydrogen-bond donors (Lipinski definition) is 1. The number of nitrogens with zero attached hydrogens (tertiary/aromatic N) is 4. The van der Waals surface area contributed by atoms with Crippen molar-refractivity contribution in [3.05, 3.63) is 16.8 Å². The van der Waals surface area contributed by atoms with Gasteiger partial charge >= 0.3 is 0 Å². The van der Waals surface area contributed by atoms with E-state index in [1.54, 1.807) is 6.26 Å². The van der Waals surface area contributed by atoms with Crippen molar-refractivity contribution in [1.29, 1.82) is 5.26 Å². The number of alkyl halides is 2. The molecule has 0 amide bonds. The zero-order valence-corrected chi connectivity index (χ0v) is 11.8. The molecule has 0 spiro atoms. The number of hydrogen-bond acceptors (Lipinski definition) is 5. The average molecular weight is 297 g/mol. The first-order valence-electron chi connectivity index (χ1n) is 5.98. The summed E-state index contributed by atoms with van der Waals surface area (Å²) in [4.78, 5) is 4.27. The van der Waals surface area contributed by atoms with Gasteiger partial charge in [-0.05, 0) is 12.7 Å². The van der Waals surface area contributed by atoms with Gasteiger partial charge in [-0.1, -0.05) is 13.3 Å². The fourth-order valence-electron chi connectivity index (χ4n) is 2.03. The first kappa shape index (κ1) is 14.5. The largest absolute Gasteiger partial charge is 0.382 e. The van der Waals surface area contributed by atoms with Crippen LogP contribution in [0.5, 0.6) is 0 Å². The zero-order chi connectivity index (χ0) is 14.9. The minimum absolute atomic E-state index is 0.0473. The first-order valence-corrected chi connectivity index (χ1v) is 7.20. The predicted octanol–water partition coefficient (Wildman–Crippen LogP) is 2.80. The number of thioether (sulfide) groups is 1. The van der Waals surface area contributed by atoms with Crippen LogP contribution in [0.3, 0.4) is 0 Å². The van der Waals surface area contributed by atoms with Gasteiger partial charge in [-0.2, -0.15) is 14.9 Å². The summed E-state index contributed by atoms with van der Waals surface area (Å²) in [7, 11) is 0. The second-order valence-electron chi connectivity index (χ2n) is 4.14. The molecule has 0 saturated heterocycles. The molecule has 0 aliphatic carbocycles. The number of halogens is 2. The Morgan fingerprint density at radius 1 is 1.50 bits per heavy atom. The van der Waals surface area contributed by atoms with Crippen LogP contribution < -0.4 is 5.73 Å². The van der Waals surface area contributed by atoms with Crippen LogP contribution >= 0.6 is 11.8 Å². The van der Waals surface area contributed by atoms with E-state index >= 15 is 0 Å². The molecule has 0 bridgehead atoms. The van der Waals surface area contributed by atoms with E-state index in [9.17, 15) is 8.78 Å². The van der Waals surface area contributed by atoms with Gasteiger partial charge in [0, 0.05) is 5.56 Å². The molecule has 20 heavy (non-hydrogen) atoms. The van der Waals surface area contributed by atoms with Crippen LogP contribution in [-0.4, -0.2) is 20.9 Å². The van der Waals surface area contributed by atoms with Crippen molar-refractivity contribution in [1.82, 2.24) is 14.6 Å². The molecule has 2 aromatic rings. The van der Waals surface area contributed by atoms with E-state index in [1.807, 2.05) is 13.0 Å². The van der Waals surface area contributed by atoms with E-state index in [1.165, 1.54) is 11.8 Å². The summed E-state index contributed by atoms with van der Waals surface area (Å²) in [5, 5.41) is 13.4. The second kappa shape index (κ2) is 5.63. The summed E-state index contributed by atoms with van der Waals surface area (Å²) in [6, 6.07) is 1.94. The highest BCUT2D eigenvalue weighted by Gasteiger charge is 2.24. The van der Waals surface area contributed by atoms with E-state index in [4.69, 9.17) is 11.0 Å². The topological polar surface area (TPSA) is 80.0 Å². The average Bonchev–Trinajstić information content (AvgIpc) is 2.78. The molecule has 2 aromatic heterocycles. The highest BCUT2D eigenvalue weighted by atomic mass is 32.2. The van der Waals surface area contributed by atoms with Crippen molar-refractivity contribution in [3.8, 4) is 6.07 Å². The number of nitrogens with two attached hydrogens (primary N) is 1. The highest BCUT2D eigenvalue weighted by molar-refractivity contribution is 7.98. The molecule has 2 heterocycles. The Hall–Kier alpha value is -1.88. The SMILES string of the molecule is CCCc1c(C(F)F)nn2c(N)c(C#N)c(SC)nc12. The zero-order valence-electron chi connectivity index (χ0n) is 11.0. The fraction of sp³-hybridized carbons (Fsp3) is 0.417. The van der Waals surface area contributed by atoms with Gasteiger partial charge in [0.1, 0.15) is 28.2 Å². The molecular formula is C12H13F2N5S. The molecule has 0 aliphatic rings. The van der Waals surface area contributed by atoms with Crippen LogP contribution in [-0.2, 0) is 6.42 Å². The minimum Gasteiger partial charge on any atom is -0.382 e. The monoisotopic (exact) mass is 297 g/mol. The number of nitrogen functional groups attached to an aromatic ring is 1. The van der Waals surface area contributed by atoms with Crippen molar-refractivity contribution >= 4 is 23.2 Å². The summed E-state index contributed by atoms with van der Waals surface area (Å²) in [5.74, 6) is 0.0473. The second-order valence-corrected chi connectivity index (χ2v) is 4.94. The van der Waals surface area contributed by atoms with Crippen molar-refractivity contribution in [2.24, 2.45) is 0 Å². The number of aryl methyl sites for hydroxylation is 1. The molecule has 2 rings (SSSR count). The van der Waals surface area contributed by atoms with Gasteiger partial charge in [0.25, 0.3) is 6.43 Å². The summed E-state index contributed by atoms with van der Waals surface area (Å²) >= 11 is 1.25. The molecule has 8 heteroatoms. The van der Waals surface area contributed by atoms with E-state index in [2.05, 4.69) is 10.1 Å². The molecule has 0 aliphatic heterocycles. The van der Waals surface area contributed by atoms with Crippen LogP contribution in [0, 0.1) is 11.3 Å². The number of fused-ring (bicyclic) bond motifs is 1. The van der Waals surface area contributed by atoms with E-state index in [0.29, 0.717) is 29.1 Å². The van der Waals surface area contributed by atoms with Gasteiger partial charge in [0.15, 0.2) is 5.65 Å². The summed E-state index contributed by atoms with van der Waals surface area (Å²) < 4.78 is 27.3. The van der Waals surface area contributed by atoms with Gasteiger partial charge in [-0.25, -0.2) is 13.8 Å². The fourth-order valence-corrected chi connectivity index (χ4v) is 2.56. The lowest BCUT2D eigenvalue weighted by Gasteiger charge is -2.06. The third kappa shape index (κ3) is 2.18. The van der Waals surface area contributed by atoms with Gasteiger partial charge < -0.3 is 5.73 Å². The standard InChI is InChI=1S/C12H13F2N5S/c1-3-4-6-8(9(13)14)18-19-10(16)7(5-15)12(20-2)17-11(6)19/h9H,3-4,16H2,1-2H3. The Morgan fingerprint density at radius 3 is 2.70 bits per heavy atom. The normalized spacial score (nSPS) is 11.2. The lowest BCUT2D eigenvalue weighted by molar-refractivity contribution is 0.144. The predicted molar refractivity (Wildman–Crippen MR) is 72.8 cm³/mol. The van der Waals surface area contributed by atoms with Crippen molar-refractivity contribution in [2.45, 2.75) is 31.2 Å². The molecule has 2 N–H and O–H groups in total. The van der Waals surface area contributed by atoms with Crippen molar-refractivity contribution in [2.75, 3.05) is 12.0 Å². The number of anilines is 1. The Labute approximate surface area is 118 Å². The number of nitriles is 1. The summed E-state index contributed by atoms with van der Waals surface area (Å²) in [6.45, 7) is 1.89. The molecule has 5 nitrogen and oxygen atoms in total. The molecule has 0 radical (unpaired) electrons. The van der Waals surface area contributed by atoms with Crippen LogP contribution in [0.25, 0.3) is 5.65 Å². The van der Waals surface area contributed by atoms with Gasteiger partial charge in [0.2, 0.25) is 0 Å². The number of aromatic nitrogens is 3. The Morgan fingerprint density at radius 2 is 2.20 bits per heavy atom. The molecule has 106 valence electrons. The maximum atomic E-state index is 13.1. The molecule has 0 fully saturated rings. The Kier molecular flexibility index (Phi) is 4.09. The van der Waals surface area contributed by atoms with Gasteiger partial charge in [-0.15, -0.1) is 11.8 Å². The minimum atomic E-state index is -2.69. The van der Waals surface area contributed by atoms with E-state index in [0.717, 1.165) is 4.52 Å². The van der Waals surface area contributed by atoms with Crippen LogP contribution in [0.4, 0.5) is 14.6 Å². The molecule has 0 atom stereocenters. The highest BCUT2D eigenvalue weighted by Crippen LogP contribution is 2.30. The lowest BCUT2D eigenvalue weighted by Crippen LogP contribution is -2.06. The molecule has 0 unspecified atom stereocenters. The van der Waals surface area contributed by atoms with E-state index in [-0.39, 0.29) is 17.1 Å². The third-order valence-electron chi connectivity index (χ3n) is 2.90. The van der Waals surface area contributed by atoms with E-state index < -0.39 is 6.43 Å². The smallest absolute Gasteiger partial charge is 0.282 e. The van der Waals surface area contributed by atoms with Gasteiger partial charge in [0.05, 0.1) is 0 Å². The van der Waals surface area contributed by atoms with Crippen LogP contribution in [0.2, 0.25) is 0 Å². The van der Waals surface area contributed by atoms with Crippen molar-refractivity contribution < 1.29 is 8.78 Å². The Bertz CT molecular complexity index is 689. The molecule has 0 aromatic carbocycles. The van der Waals surface area contributed by atoms with Gasteiger partial charge in [-0.3, -0.25) is 0 Å². The van der Waals surface area contributed by atoms with Crippen LogP contribution in [0.15, 0.2) is 5.03 Å². The van der Waals surface area contributed by atoms with Crippen molar-refractivity contribution in [3.63, 3.8) is 0 Å². The lowest BCUT2D eigenvalue weighted by atomic mass is 10.1.